The van der Waals surface area contributed by atoms with Crippen LogP contribution in [0.1, 0.15) is 31.2 Å². The maximum atomic E-state index is 5.55. The van der Waals surface area contributed by atoms with E-state index in [1.807, 2.05) is 0 Å². The molecule has 88 valence electrons. The molecule has 1 aliphatic rings. The molecule has 0 unspecified atom stereocenters. The molecule has 1 saturated heterocycles. The first-order valence-corrected chi connectivity index (χ1v) is 6.44. The highest BCUT2D eigenvalue weighted by molar-refractivity contribution is 5.47. The molecular formula is C14H22N2. The standard InChI is InChI=1S/C14H22N2/c15-10-9-13-5-7-14(8-6-13)16-11-3-1-2-4-12-16/h5-8H,1-4,9-12,15H2. The van der Waals surface area contributed by atoms with E-state index in [1.165, 1.54) is 50.0 Å². The maximum absolute atomic E-state index is 5.55. The molecule has 16 heavy (non-hydrogen) atoms. The third-order valence-corrected chi connectivity index (χ3v) is 3.34. The van der Waals surface area contributed by atoms with Crippen molar-refractivity contribution in [2.24, 2.45) is 5.73 Å². The first kappa shape index (κ1) is 11.5. The molecule has 2 rings (SSSR count). The lowest BCUT2D eigenvalue weighted by molar-refractivity contribution is 0.726. The van der Waals surface area contributed by atoms with Gasteiger partial charge in [-0.2, -0.15) is 0 Å². The quantitative estimate of drug-likeness (QED) is 0.845. The van der Waals surface area contributed by atoms with Gasteiger partial charge in [-0.1, -0.05) is 25.0 Å². The fourth-order valence-corrected chi connectivity index (χ4v) is 2.37. The van der Waals surface area contributed by atoms with E-state index in [2.05, 4.69) is 29.2 Å². The average molecular weight is 218 g/mol. The Hall–Kier alpha value is -1.02. The molecular weight excluding hydrogens is 196 g/mol. The van der Waals surface area contributed by atoms with Crippen LogP contribution in [0, 0.1) is 0 Å². The predicted octanol–water partition coefficient (Wildman–Crippen LogP) is 2.57. The largest absolute Gasteiger partial charge is 0.372 e. The van der Waals surface area contributed by atoms with E-state index in [1.54, 1.807) is 0 Å². The average Bonchev–Trinajstić information content (AvgIpc) is 2.59. The van der Waals surface area contributed by atoms with Gasteiger partial charge in [0.15, 0.2) is 0 Å². The first-order valence-electron chi connectivity index (χ1n) is 6.44. The van der Waals surface area contributed by atoms with E-state index >= 15 is 0 Å². The molecule has 0 radical (unpaired) electrons. The summed E-state index contributed by atoms with van der Waals surface area (Å²) in [6.07, 6.45) is 6.44. The summed E-state index contributed by atoms with van der Waals surface area (Å²) in [5, 5.41) is 0. The second-order valence-electron chi connectivity index (χ2n) is 4.61. The van der Waals surface area contributed by atoms with Crippen molar-refractivity contribution in [1.82, 2.24) is 0 Å². The Balaban J connectivity index is 2.01. The second kappa shape index (κ2) is 5.90. The number of anilines is 1. The molecule has 2 heteroatoms. The highest BCUT2D eigenvalue weighted by Crippen LogP contribution is 2.19. The van der Waals surface area contributed by atoms with Crippen LogP contribution in [-0.2, 0) is 6.42 Å². The van der Waals surface area contributed by atoms with Crippen LogP contribution in [0.2, 0.25) is 0 Å². The van der Waals surface area contributed by atoms with Crippen LogP contribution in [-0.4, -0.2) is 19.6 Å². The summed E-state index contributed by atoms with van der Waals surface area (Å²) < 4.78 is 0. The van der Waals surface area contributed by atoms with Crippen LogP contribution in [0.5, 0.6) is 0 Å². The molecule has 0 amide bonds. The SMILES string of the molecule is NCCc1ccc(N2CCCCCC2)cc1. The Morgan fingerprint density at radius 1 is 0.938 bits per heavy atom. The zero-order valence-electron chi connectivity index (χ0n) is 9.99. The molecule has 1 aromatic carbocycles. The van der Waals surface area contributed by atoms with E-state index in [0.717, 1.165) is 13.0 Å². The summed E-state index contributed by atoms with van der Waals surface area (Å²) in [6.45, 7) is 3.18. The normalized spacial score (nSPS) is 17.2. The lowest BCUT2D eigenvalue weighted by atomic mass is 10.1. The highest BCUT2D eigenvalue weighted by atomic mass is 15.1. The smallest absolute Gasteiger partial charge is 0.0366 e. The molecule has 1 aromatic rings. The minimum atomic E-state index is 0.739. The summed E-state index contributed by atoms with van der Waals surface area (Å²) in [5.41, 5.74) is 8.28. The highest BCUT2D eigenvalue weighted by Gasteiger charge is 2.09. The fraction of sp³-hybridized carbons (Fsp3) is 0.571. The lowest BCUT2D eigenvalue weighted by Gasteiger charge is -2.22. The van der Waals surface area contributed by atoms with Gasteiger partial charge in [-0.05, 0) is 43.5 Å². The molecule has 0 atom stereocenters. The molecule has 1 fully saturated rings. The van der Waals surface area contributed by atoms with Crippen LogP contribution < -0.4 is 10.6 Å². The van der Waals surface area contributed by atoms with Gasteiger partial charge < -0.3 is 10.6 Å². The zero-order chi connectivity index (χ0) is 11.2. The van der Waals surface area contributed by atoms with Gasteiger partial charge in [0.2, 0.25) is 0 Å². The maximum Gasteiger partial charge on any atom is 0.0366 e. The predicted molar refractivity (Wildman–Crippen MR) is 69.9 cm³/mol. The van der Waals surface area contributed by atoms with Gasteiger partial charge in [-0.25, -0.2) is 0 Å². The Bertz CT molecular complexity index is 297. The van der Waals surface area contributed by atoms with E-state index in [4.69, 9.17) is 5.73 Å². The van der Waals surface area contributed by atoms with E-state index in [-0.39, 0.29) is 0 Å². The third-order valence-electron chi connectivity index (χ3n) is 3.34. The Morgan fingerprint density at radius 2 is 1.56 bits per heavy atom. The molecule has 0 spiro atoms. The summed E-state index contributed by atoms with van der Waals surface area (Å²) in [6, 6.07) is 8.92. The van der Waals surface area contributed by atoms with Crippen molar-refractivity contribution in [1.29, 1.82) is 0 Å². The van der Waals surface area contributed by atoms with Gasteiger partial charge in [0, 0.05) is 18.8 Å². The summed E-state index contributed by atoms with van der Waals surface area (Å²) in [5.74, 6) is 0. The van der Waals surface area contributed by atoms with Gasteiger partial charge in [-0.3, -0.25) is 0 Å². The first-order chi connectivity index (χ1) is 7.90. The summed E-state index contributed by atoms with van der Waals surface area (Å²) in [4.78, 5) is 2.51. The van der Waals surface area contributed by atoms with Crippen molar-refractivity contribution in [3.8, 4) is 0 Å². The van der Waals surface area contributed by atoms with E-state index < -0.39 is 0 Å². The fourth-order valence-electron chi connectivity index (χ4n) is 2.37. The van der Waals surface area contributed by atoms with Gasteiger partial charge >= 0.3 is 0 Å². The monoisotopic (exact) mass is 218 g/mol. The van der Waals surface area contributed by atoms with E-state index in [0.29, 0.717) is 0 Å². The Morgan fingerprint density at radius 3 is 2.12 bits per heavy atom. The number of rotatable bonds is 3. The Labute approximate surface area is 98.4 Å². The number of hydrogen-bond acceptors (Lipinski definition) is 2. The molecule has 0 aromatic heterocycles. The van der Waals surface area contributed by atoms with Crippen LogP contribution in [0.25, 0.3) is 0 Å². The van der Waals surface area contributed by atoms with Crippen molar-refractivity contribution in [2.45, 2.75) is 32.1 Å². The van der Waals surface area contributed by atoms with Crippen LogP contribution in [0.4, 0.5) is 5.69 Å². The summed E-state index contributed by atoms with van der Waals surface area (Å²) >= 11 is 0. The van der Waals surface area contributed by atoms with Crippen molar-refractivity contribution in [3.63, 3.8) is 0 Å². The molecule has 1 heterocycles. The summed E-state index contributed by atoms with van der Waals surface area (Å²) in [7, 11) is 0. The van der Waals surface area contributed by atoms with Gasteiger partial charge in [-0.15, -0.1) is 0 Å². The van der Waals surface area contributed by atoms with Crippen molar-refractivity contribution < 1.29 is 0 Å². The third kappa shape index (κ3) is 2.99. The Kier molecular flexibility index (Phi) is 4.23. The van der Waals surface area contributed by atoms with E-state index in [9.17, 15) is 0 Å². The molecule has 0 bridgehead atoms. The van der Waals surface area contributed by atoms with Crippen LogP contribution >= 0.6 is 0 Å². The van der Waals surface area contributed by atoms with Gasteiger partial charge in [0.1, 0.15) is 0 Å². The number of nitrogens with two attached hydrogens (primary N) is 1. The lowest BCUT2D eigenvalue weighted by Crippen LogP contribution is -2.23. The van der Waals surface area contributed by atoms with Gasteiger partial charge in [0.25, 0.3) is 0 Å². The minimum absolute atomic E-state index is 0.739. The molecule has 2 nitrogen and oxygen atoms in total. The molecule has 0 aliphatic carbocycles. The molecule has 1 aliphatic heterocycles. The molecule has 2 N–H and O–H groups in total. The van der Waals surface area contributed by atoms with Crippen molar-refractivity contribution in [3.05, 3.63) is 29.8 Å². The second-order valence-corrected chi connectivity index (χ2v) is 4.61. The minimum Gasteiger partial charge on any atom is -0.372 e. The topological polar surface area (TPSA) is 29.3 Å². The molecule has 0 saturated carbocycles. The zero-order valence-corrected chi connectivity index (χ0v) is 9.99. The number of benzene rings is 1. The number of nitrogens with zero attached hydrogens (tertiary/aromatic N) is 1. The van der Waals surface area contributed by atoms with Crippen LogP contribution in [0.3, 0.4) is 0 Å². The number of hydrogen-bond donors (Lipinski definition) is 1. The van der Waals surface area contributed by atoms with Crippen molar-refractivity contribution >= 4 is 5.69 Å². The van der Waals surface area contributed by atoms with Gasteiger partial charge in [0.05, 0.1) is 0 Å². The van der Waals surface area contributed by atoms with Crippen LogP contribution in [0.15, 0.2) is 24.3 Å². The van der Waals surface area contributed by atoms with Crippen molar-refractivity contribution in [2.75, 3.05) is 24.5 Å².